The SMILES string of the molecule is Cc1c(-c2ccccc2)nc2c(Cl)ccc(C)c2c1Cl. The monoisotopic (exact) mass is 301 g/mol. The highest BCUT2D eigenvalue weighted by molar-refractivity contribution is 6.40. The van der Waals surface area contributed by atoms with Gasteiger partial charge in [-0.25, -0.2) is 4.98 Å². The molecule has 0 saturated heterocycles. The summed E-state index contributed by atoms with van der Waals surface area (Å²) in [6.45, 7) is 4.02. The summed E-state index contributed by atoms with van der Waals surface area (Å²) in [7, 11) is 0. The third-order valence-electron chi connectivity index (χ3n) is 3.51. The van der Waals surface area contributed by atoms with Gasteiger partial charge in [-0.2, -0.15) is 0 Å². The first-order valence-corrected chi connectivity index (χ1v) is 7.15. The van der Waals surface area contributed by atoms with Crippen LogP contribution in [0.5, 0.6) is 0 Å². The van der Waals surface area contributed by atoms with Crippen LogP contribution >= 0.6 is 23.2 Å². The molecule has 0 atom stereocenters. The van der Waals surface area contributed by atoms with Gasteiger partial charge < -0.3 is 0 Å². The molecule has 0 aliphatic heterocycles. The Kier molecular flexibility index (Phi) is 3.41. The second-order valence-corrected chi connectivity index (χ2v) is 5.64. The third kappa shape index (κ3) is 2.07. The van der Waals surface area contributed by atoms with Gasteiger partial charge in [-0.3, -0.25) is 0 Å². The molecule has 0 saturated carbocycles. The molecule has 1 heterocycles. The first kappa shape index (κ1) is 13.4. The number of aryl methyl sites for hydroxylation is 1. The fraction of sp³-hybridized carbons (Fsp3) is 0.118. The van der Waals surface area contributed by atoms with Crippen molar-refractivity contribution in [3.05, 3.63) is 63.6 Å². The molecule has 0 unspecified atom stereocenters. The normalized spacial score (nSPS) is 11.0. The largest absolute Gasteiger partial charge is 0.246 e. The van der Waals surface area contributed by atoms with Crippen molar-refractivity contribution in [2.24, 2.45) is 0 Å². The molecule has 1 aromatic heterocycles. The Bertz CT molecular complexity index is 795. The standard InChI is InChI=1S/C17H13Cl2N/c1-10-8-9-13(18)17-14(10)15(19)11(2)16(20-17)12-6-4-3-5-7-12/h3-9H,1-2H3. The molecule has 0 amide bonds. The number of pyridine rings is 1. The van der Waals surface area contributed by atoms with Gasteiger partial charge in [-0.1, -0.05) is 59.6 Å². The van der Waals surface area contributed by atoms with E-state index in [1.165, 1.54) is 0 Å². The number of aromatic nitrogens is 1. The summed E-state index contributed by atoms with van der Waals surface area (Å²) in [6, 6.07) is 13.9. The van der Waals surface area contributed by atoms with Crippen LogP contribution in [0.3, 0.4) is 0 Å². The zero-order valence-electron chi connectivity index (χ0n) is 11.2. The molecule has 0 aliphatic rings. The molecule has 20 heavy (non-hydrogen) atoms. The van der Waals surface area contributed by atoms with E-state index in [1.807, 2.05) is 56.3 Å². The van der Waals surface area contributed by atoms with Gasteiger partial charge in [0.2, 0.25) is 0 Å². The van der Waals surface area contributed by atoms with Crippen molar-refractivity contribution in [3.63, 3.8) is 0 Å². The third-order valence-corrected chi connectivity index (χ3v) is 4.29. The van der Waals surface area contributed by atoms with E-state index in [4.69, 9.17) is 28.2 Å². The zero-order valence-corrected chi connectivity index (χ0v) is 12.8. The van der Waals surface area contributed by atoms with Gasteiger partial charge in [0.25, 0.3) is 0 Å². The van der Waals surface area contributed by atoms with E-state index in [0.717, 1.165) is 38.3 Å². The molecule has 100 valence electrons. The molecular formula is C17H13Cl2N. The summed E-state index contributed by atoms with van der Waals surface area (Å²) >= 11 is 12.9. The molecule has 3 rings (SSSR count). The first-order chi connectivity index (χ1) is 9.59. The predicted molar refractivity (Wildman–Crippen MR) is 86.7 cm³/mol. The van der Waals surface area contributed by atoms with Crippen molar-refractivity contribution in [3.8, 4) is 11.3 Å². The summed E-state index contributed by atoms with van der Waals surface area (Å²) in [5, 5.41) is 2.30. The molecule has 0 fully saturated rings. The maximum absolute atomic E-state index is 6.56. The van der Waals surface area contributed by atoms with E-state index in [2.05, 4.69) is 0 Å². The minimum absolute atomic E-state index is 0.629. The second kappa shape index (κ2) is 5.08. The second-order valence-electron chi connectivity index (χ2n) is 4.85. The van der Waals surface area contributed by atoms with Crippen LogP contribution in [0.15, 0.2) is 42.5 Å². The molecule has 0 spiro atoms. The lowest BCUT2D eigenvalue weighted by Crippen LogP contribution is -1.94. The molecule has 0 N–H and O–H groups in total. The molecule has 2 aromatic carbocycles. The van der Waals surface area contributed by atoms with Crippen LogP contribution in [-0.4, -0.2) is 4.98 Å². The Morgan fingerprint density at radius 1 is 0.900 bits per heavy atom. The summed E-state index contributed by atoms with van der Waals surface area (Å²) in [5.41, 5.74) is 4.77. The van der Waals surface area contributed by atoms with Gasteiger partial charge in [0.1, 0.15) is 0 Å². The Balaban J connectivity index is 2.42. The molecule has 3 aromatic rings. The van der Waals surface area contributed by atoms with Crippen LogP contribution in [0.1, 0.15) is 11.1 Å². The van der Waals surface area contributed by atoms with Crippen molar-refractivity contribution in [2.75, 3.05) is 0 Å². The van der Waals surface area contributed by atoms with Crippen molar-refractivity contribution in [2.45, 2.75) is 13.8 Å². The minimum Gasteiger partial charge on any atom is -0.246 e. The number of rotatable bonds is 1. The molecule has 1 nitrogen and oxygen atoms in total. The maximum Gasteiger partial charge on any atom is 0.0913 e. The van der Waals surface area contributed by atoms with Gasteiger partial charge >= 0.3 is 0 Å². The topological polar surface area (TPSA) is 12.9 Å². The lowest BCUT2D eigenvalue weighted by Gasteiger charge is -2.13. The Morgan fingerprint density at radius 3 is 2.30 bits per heavy atom. The molecular weight excluding hydrogens is 289 g/mol. The number of fused-ring (bicyclic) bond motifs is 1. The lowest BCUT2D eigenvalue weighted by molar-refractivity contribution is 1.32. The van der Waals surface area contributed by atoms with Gasteiger partial charge in [-0.05, 0) is 31.0 Å². The Hall–Kier alpha value is -1.57. The van der Waals surface area contributed by atoms with Crippen LogP contribution in [0.2, 0.25) is 10.0 Å². The van der Waals surface area contributed by atoms with E-state index in [1.54, 1.807) is 0 Å². The van der Waals surface area contributed by atoms with E-state index in [-0.39, 0.29) is 0 Å². The van der Waals surface area contributed by atoms with Crippen molar-refractivity contribution in [1.82, 2.24) is 4.98 Å². The average molecular weight is 302 g/mol. The van der Waals surface area contributed by atoms with Gasteiger partial charge in [-0.15, -0.1) is 0 Å². The lowest BCUT2D eigenvalue weighted by atomic mass is 10.0. The van der Waals surface area contributed by atoms with Crippen LogP contribution < -0.4 is 0 Å². The molecule has 0 bridgehead atoms. The number of hydrogen-bond acceptors (Lipinski definition) is 1. The highest BCUT2D eigenvalue weighted by atomic mass is 35.5. The van der Waals surface area contributed by atoms with Crippen LogP contribution in [0, 0.1) is 13.8 Å². The summed E-state index contributed by atoms with van der Waals surface area (Å²) < 4.78 is 0. The number of nitrogens with zero attached hydrogens (tertiary/aromatic N) is 1. The first-order valence-electron chi connectivity index (χ1n) is 6.40. The highest BCUT2D eigenvalue weighted by Crippen LogP contribution is 2.37. The van der Waals surface area contributed by atoms with Crippen molar-refractivity contribution < 1.29 is 0 Å². The fourth-order valence-corrected chi connectivity index (χ4v) is 2.94. The zero-order chi connectivity index (χ0) is 14.3. The van der Waals surface area contributed by atoms with E-state index >= 15 is 0 Å². The fourth-order valence-electron chi connectivity index (χ4n) is 2.42. The average Bonchev–Trinajstić information content (AvgIpc) is 2.47. The smallest absolute Gasteiger partial charge is 0.0913 e. The Labute approximate surface area is 128 Å². The van der Waals surface area contributed by atoms with E-state index in [0.29, 0.717) is 5.02 Å². The van der Waals surface area contributed by atoms with Gasteiger partial charge in [0, 0.05) is 10.9 Å². The predicted octanol–water partition coefficient (Wildman–Crippen LogP) is 5.83. The van der Waals surface area contributed by atoms with Crippen LogP contribution in [-0.2, 0) is 0 Å². The van der Waals surface area contributed by atoms with Crippen LogP contribution in [0.4, 0.5) is 0 Å². The van der Waals surface area contributed by atoms with E-state index in [9.17, 15) is 0 Å². The van der Waals surface area contributed by atoms with Crippen molar-refractivity contribution >= 4 is 34.1 Å². The van der Waals surface area contributed by atoms with Crippen molar-refractivity contribution in [1.29, 1.82) is 0 Å². The molecule has 0 aliphatic carbocycles. The summed E-state index contributed by atoms with van der Waals surface area (Å²) in [4.78, 5) is 4.75. The maximum atomic E-state index is 6.56. The number of hydrogen-bond donors (Lipinski definition) is 0. The minimum atomic E-state index is 0.629. The molecule has 3 heteroatoms. The van der Waals surface area contributed by atoms with Gasteiger partial charge in [0.05, 0.1) is 21.3 Å². The number of halogens is 2. The Morgan fingerprint density at radius 2 is 1.60 bits per heavy atom. The van der Waals surface area contributed by atoms with Crippen LogP contribution in [0.25, 0.3) is 22.2 Å². The van der Waals surface area contributed by atoms with Gasteiger partial charge in [0.15, 0.2) is 0 Å². The quantitative estimate of drug-likeness (QED) is 0.551. The van der Waals surface area contributed by atoms with E-state index < -0.39 is 0 Å². The summed E-state index contributed by atoms with van der Waals surface area (Å²) in [6.07, 6.45) is 0. The number of benzene rings is 2. The highest BCUT2D eigenvalue weighted by Gasteiger charge is 2.15. The molecule has 0 radical (unpaired) electrons. The summed E-state index contributed by atoms with van der Waals surface area (Å²) in [5.74, 6) is 0.